The SMILES string of the molecule is Cc1c[c-]c(-c2cc(C)c(C)cn2)cc1.Cc1cc2ccc3oc4c(-c5cc(C)c(C)cn5)[c-]ccc4c3c2s1.[Ir]. The number of furan rings is 1. The van der Waals surface area contributed by atoms with Crippen LogP contribution in [0.5, 0.6) is 0 Å². The normalized spacial score (nSPS) is 11.0. The first-order chi connectivity index (χ1) is 19.3. The van der Waals surface area contributed by atoms with Gasteiger partial charge in [0.05, 0.1) is 5.58 Å². The van der Waals surface area contributed by atoms with Crippen molar-refractivity contribution >= 4 is 43.4 Å². The first-order valence-corrected chi connectivity index (χ1v) is 14.2. The largest absolute Gasteiger partial charge is 0.501 e. The van der Waals surface area contributed by atoms with Gasteiger partial charge < -0.3 is 14.4 Å². The van der Waals surface area contributed by atoms with Crippen LogP contribution < -0.4 is 0 Å². The molecule has 207 valence electrons. The molecule has 7 rings (SSSR count). The van der Waals surface area contributed by atoms with Crippen molar-refractivity contribution in [3.8, 4) is 22.5 Å². The van der Waals surface area contributed by atoms with Crippen LogP contribution in [0, 0.1) is 53.7 Å². The Balaban J connectivity index is 0.000000182. The van der Waals surface area contributed by atoms with Crippen molar-refractivity contribution in [3.05, 3.63) is 118 Å². The van der Waals surface area contributed by atoms with Crippen molar-refractivity contribution < 1.29 is 24.5 Å². The fourth-order valence-corrected chi connectivity index (χ4v) is 5.90. The maximum Gasteiger partial charge on any atom is 0.122 e. The number of fused-ring (bicyclic) bond motifs is 5. The number of aryl methyl sites for hydroxylation is 6. The van der Waals surface area contributed by atoms with E-state index in [0.29, 0.717) is 0 Å². The second-order valence-electron chi connectivity index (χ2n) is 10.5. The Labute approximate surface area is 258 Å². The Morgan fingerprint density at radius 3 is 2.12 bits per heavy atom. The van der Waals surface area contributed by atoms with Crippen molar-refractivity contribution in [1.29, 1.82) is 0 Å². The van der Waals surface area contributed by atoms with Crippen LogP contribution in [-0.4, -0.2) is 9.97 Å². The van der Waals surface area contributed by atoms with Gasteiger partial charge in [0.15, 0.2) is 0 Å². The molecule has 3 nitrogen and oxygen atoms in total. The minimum absolute atomic E-state index is 0. The van der Waals surface area contributed by atoms with Gasteiger partial charge in [-0.2, -0.15) is 0 Å². The molecule has 4 heterocycles. The molecule has 41 heavy (non-hydrogen) atoms. The number of rotatable bonds is 2. The van der Waals surface area contributed by atoms with Gasteiger partial charge >= 0.3 is 0 Å². The molecule has 0 aliphatic heterocycles. The zero-order valence-corrected chi connectivity index (χ0v) is 27.2. The van der Waals surface area contributed by atoms with Crippen LogP contribution in [0.3, 0.4) is 0 Å². The Hall–Kier alpha value is -3.63. The Morgan fingerprint density at radius 1 is 0.732 bits per heavy atom. The summed E-state index contributed by atoms with van der Waals surface area (Å²) in [7, 11) is 0. The Kier molecular flexibility index (Phi) is 8.24. The summed E-state index contributed by atoms with van der Waals surface area (Å²) >= 11 is 1.82. The molecule has 0 aliphatic rings. The molecule has 1 radical (unpaired) electrons. The van der Waals surface area contributed by atoms with Gasteiger partial charge in [-0.25, -0.2) is 0 Å². The first kappa shape index (κ1) is 28.9. The minimum Gasteiger partial charge on any atom is -0.501 e. The Morgan fingerprint density at radius 2 is 1.44 bits per heavy atom. The second kappa shape index (κ2) is 11.7. The predicted octanol–water partition coefficient (Wildman–Crippen LogP) is 10.1. The molecule has 0 unspecified atom stereocenters. The molecule has 0 spiro atoms. The summed E-state index contributed by atoms with van der Waals surface area (Å²) in [5, 5.41) is 3.61. The van der Waals surface area contributed by atoms with E-state index in [2.05, 4.69) is 112 Å². The van der Waals surface area contributed by atoms with Crippen LogP contribution in [0.1, 0.15) is 32.7 Å². The molecule has 0 aliphatic carbocycles. The van der Waals surface area contributed by atoms with E-state index in [1.165, 1.54) is 48.2 Å². The number of benzene rings is 3. The van der Waals surface area contributed by atoms with Crippen molar-refractivity contribution in [1.82, 2.24) is 9.97 Å². The zero-order chi connectivity index (χ0) is 28.0. The number of thiophene rings is 1. The van der Waals surface area contributed by atoms with Crippen LogP contribution in [0.25, 0.3) is 54.5 Å². The van der Waals surface area contributed by atoms with Crippen LogP contribution in [-0.2, 0) is 20.1 Å². The van der Waals surface area contributed by atoms with Gasteiger partial charge in [0.25, 0.3) is 0 Å². The average molecular weight is 731 g/mol. The summed E-state index contributed by atoms with van der Waals surface area (Å²) in [6, 6.07) is 27.4. The van der Waals surface area contributed by atoms with E-state index in [4.69, 9.17) is 4.42 Å². The smallest absolute Gasteiger partial charge is 0.122 e. The standard InChI is InChI=1S/C22H16NOS.C14H14N.Ir/c1-12-9-18(23-11-13(12)2)16-5-4-6-17-20-19(24-21(16)17)8-7-15-10-14(3)25-22(15)20;1-10-4-6-13(7-5-10)14-8-11(2)12(3)9-15-14;/h4,6-11H,1-3H3;4-6,8-9H,1-3H3;/q2*-1;. The van der Waals surface area contributed by atoms with Crippen LogP contribution >= 0.6 is 11.3 Å². The number of aromatic nitrogens is 2. The third-order valence-electron chi connectivity index (χ3n) is 7.45. The summed E-state index contributed by atoms with van der Waals surface area (Å²) in [6.07, 6.45) is 3.83. The molecular weight excluding hydrogens is 701 g/mol. The first-order valence-electron chi connectivity index (χ1n) is 13.4. The topological polar surface area (TPSA) is 38.9 Å². The molecule has 3 aromatic carbocycles. The molecule has 0 atom stereocenters. The van der Waals surface area contributed by atoms with E-state index in [1.54, 1.807) is 0 Å². The van der Waals surface area contributed by atoms with E-state index < -0.39 is 0 Å². The summed E-state index contributed by atoms with van der Waals surface area (Å²) in [5.74, 6) is 0. The van der Waals surface area contributed by atoms with Crippen molar-refractivity contribution in [2.24, 2.45) is 0 Å². The average Bonchev–Trinajstić information content (AvgIpc) is 3.52. The van der Waals surface area contributed by atoms with E-state index in [1.807, 2.05) is 35.9 Å². The van der Waals surface area contributed by atoms with Gasteiger partial charge in [-0.05, 0) is 80.7 Å². The molecule has 4 aromatic heterocycles. The van der Waals surface area contributed by atoms with E-state index in [-0.39, 0.29) is 20.1 Å². The Bertz CT molecular complexity index is 2020. The molecule has 5 heteroatoms. The zero-order valence-electron chi connectivity index (χ0n) is 24.0. The second-order valence-corrected chi connectivity index (χ2v) is 11.8. The number of pyridine rings is 2. The molecular formula is C36H30IrN2OS-2. The summed E-state index contributed by atoms with van der Waals surface area (Å²) in [6.45, 7) is 12.6. The summed E-state index contributed by atoms with van der Waals surface area (Å²) in [5.41, 5.74) is 11.8. The molecule has 7 aromatic rings. The van der Waals surface area contributed by atoms with E-state index in [0.717, 1.165) is 39.1 Å². The molecule has 0 saturated heterocycles. The molecule has 0 N–H and O–H groups in total. The molecule has 0 saturated carbocycles. The third-order valence-corrected chi connectivity index (χ3v) is 8.53. The number of nitrogens with zero attached hydrogens (tertiary/aromatic N) is 2. The van der Waals surface area contributed by atoms with Gasteiger partial charge in [0.2, 0.25) is 0 Å². The number of hydrogen-bond donors (Lipinski definition) is 0. The van der Waals surface area contributed by atoms with Gasteiger partial charge in [-0.15, -0.1) is 64.9 Å². The quantitative estimate of drug-likeness (QED) is 0.166. The monoisotopic (exact) mass is 731 g/mol. The van der Waals surface area contributed by atoms with Gasteiger partial charge in [0, 0.05) is 47.5 Å². The van der Waals surface area contributed by atoms with Crippen LogP contribution in [0.4, 0.5) is 0 Å². The van der Waals surface area contributed by atoms with Gasteiger partial charge in [0.1, 0.15) is 5.58 Å². The van der Waals surface area contributed by atoms with Crippen molar-refractivity contribution in [3.63, 3.8) is 0 Å². The molecule has 0 amide bonds. The third kappa shape index (κ3) is 5.63. The van der Waals surface area contributed by atoms with Gasteiger partial charge in [-0.1, -0.05) is 41.1 Å². The molecule has 0 fully saturated rings. The maximum absolute atomic E-state index is 6.26. The van der Waals surface area contributed by atoms with E-state index in [9.17, 15) is 0 Å². The summed E-state index contributed by atoms with van der Waals surface area (Å²) < 4.78 is 7.55. The fraction of sp³-hybridized carbons (Fsp3) is 0.167. The predicted molar refractivity (Wildman–Crippen MR) is 168 cm³/mol. The van der Waals surface area contributed by atoms with Crippen LogP contribution in [0.15, 0.2) is 77.5 Å². The van der Waals surface area contributed by atoms with Crippen molar-refractivity contribution in [2.45, 2.75) is 41.5 Å². The fourth-order valence-electron chi connectivity index (χ4n) is 4.84. The van der Waals surface area contributed by atoms with Gasteiger partial charge in [-0.3, -0.25) is 0 Å². The maximum atomic E-state index is 6.26. The van der Waals surface area contributed by atoms with Crippen LogP contribution in [0.2, 0.25) is 0 Å². The van der Waals surface area contributed by atoms with Crippen molar-refractivity contribution in [2.75, 3.05) is 0 Å². The van der Waals surface area contributed by atoms with E-state index >= 15 is 0 Å². The summed E-state index contributed by atoms with van der Waals surface area (Å²) in [4.78, 5) is 10.3. The molecule has 0 bridgehead atoms. The number of hydrogen-bond acceptors (Lipinski definition) is 4. The minimum atomic E-state index is 0.